The molecule has 23 heavy (non-hydrogen) atoms. The van der Waals surface area contributed by atoms with Crippen molar-refractivity contribution in [3.05, 3.63) is 46.5 Å². The molecular weight excluding hydrogens is 294 g/mol. The number of nitrogens with zero attached hydrogens (tertiary/aromatic N) is 4. The second-order valence-corrected chi connectivity index (χ2v) is 5.73. The van der Waals surface area contributed by atoms with Crippen molar-refractivity contribution >= 4 is 11.0 Å². The van der Waals surface area contributed by atoms with Gasteiger partial charge in [0, 0.05) is 32.5 Å². The fraction of sp³-hybridized carbons (Fsp3) is 0.438. The first-order chi connectivity index (χ1) is 11.1. The zero-order chi connectivity index (χ0) is 16.4. The van der Waals surface area contributed by atoms with Crippen molar-refractivity contribution < 1.29 is 4.52 Å². The molecule has 0 amide bonds. The van der Waals surface area contributed by atoms with Crippen molar-refractivity contribution in [2.75, 3.05) is 7.05 Å². The number of rotatable bonds is 6. The number of benzene rings is 1. The number of hydrogen-bond donors (Lipinski definition) is 1. The fourth-order valence-electron chi connectivity index (χ4n) is 2.64. The van der Waals surface area contributed by atoms with Crippen LogP contribution in [0.5, 0.6) is 0 Å². The highest BCUT2D eigenvalue weighted by molar-refractivity contribution is 5.75. The van der Waals surface area contributed by atoms with Gasteiger partial charge in [-0.1, -0.05) is 17.3 Å². The highest BCUT2D eigenvalue weighted by Crippen LogP contribution is 2.12. The molecule has 1 atom stereocenters. The maximum absolute atomic E-state index is 12.3. The second-order valence-electron chi connectivity index (χ2n) is 5.73. The lowest BCUT2D eigenvalue weighted by molar-refractivity contribution is 0.365. The van der Waals surface area contributed by atoms with E-state index in [2.05, 4.69) is 22.4 Å². The van der Waals surface area contributed by atoms with E-state index in [1.807, 2.05) is 31.3 Å². The molecule has 0 spiro atoms. The molecule has 0 saturated heterocycles. The van der Waals surface area contributed by atoms with Crippen LogP contribution in [0, 0.1) is 0 Å². The lowest BCUT2D eigenvalue weighted by Gasteiger charge is -2.04. The molecule has 7 heteroatoms. The van der Waals surface area contributed by atoms with Crippen LogP contribution in [0.25, 0.3) is 11.0 Å². The quantitative estimate of drug-likeness (QED) is 0.737. The Hall–Kier alpha value is -2.41. The summed E-state index contributed by atoms with van der Waals surface area (Å²) in [5, 5.41) is 7.13. The van der Waals surface area contributed by atoms with E-state index in [9.17, 15) is 4.79 Å². The summed E-state index contributed by atoms with van der Waals surface area (Å²) in [6, 6.07) is 8.05. The van der Waals surface area contributed by atoms with Gasteiger partial charge in [0.1, 0.15) is 0 Å². The molecule has 0 aliphatic rings. The summed E-state index contributed by atoms with van der Waals surface area (Å²) >= 11 is 0. The predicted octanol–water partition coefficient (Wildman–Crippen LogP) is 1.12. The first kappa shape index (κ1) is 15.5. The van der Waals surface area contributed by atoms with Crippen molar-refractivity contribution in [3.63, 3.8) is 0 Å². The van der Waals surface area contributed by atoms with E-state index in [-0.39, 0.29) is 5.69 Å². The topological polar surface area (TPSA) is 77.9 Å². The first-order valence-electron chi connectivity index (χ1n) is 7.73. The van der Waals surface area contributed by atoms with Crippen LogP contribution in [-0.2, 0) is 26.4 Å². The van der Waals surface area contributed by atoms with Crippen LogP contribution in [0.15, 0.2) is 33.6 Å². The normalized spacial score (nSPS) is 12.8. The maximum Gasteiger partial charge on any atom is 0.328 e. The Labute approximate surface area is 133 Å². The smallest absolute Gasteiger partial charge is 0.328 e. The van der Waals surface area contributed by atoms with Crippen LogP contribution in [0.1, 0.15) is 18.6 Å². The highest BCUT2D eigenvalue weighted by Gasteiger charge is 2.13. The molecule has 0 saturated carbocycles. The van der Waals surface area contributed by atoms with E-state index < -0.39 is 0 Å². The largest absolute Gasteiger partial charge is 0.339 e. The number of likely N-dealkylation sites (N-methyl/N-ethyl adjacent to an activating group) is 1. The minimum Gasteiger partial charge on any atom is -0.339 e. The van der Waals surface area contributed by atoms with Gasteiger partial charge in [-0.3, -0.25) is 9.13 Å². The molecule has 1 N–H and O–H groups in total. The monoisotopic (exact) mass is 315 g/mol. The zero-order valence-corrected chi connectivity index (χ0v) is 13.6. The van der Waals surface area contributed by atoms with Crippen molar-refractivity contribution in [1.82, 2.24) is 24.6 Å². The highest BCUT2D eigenvalue weighted by atomic mass is 16.5. The average Bonchev–Trinajstić information content (AvgIpc) is 3.10. The van der Waals surface area contributed by atoms with Crippen LogP contribution in [-0.4, -0.2) is 32.4 Å². The van der Waals surface area contributed by atoms with Crippen LogP contribution in [0.2, 0.25) is 0 Å². The summed E-state index contributed by atoms with van der Waals surface area (Å²) in [7, 11) is 3.68. The number of aromatic nitrogens is 4. The van der Waals surface area contributed by atoms with Crippen LogP contribution in [0.4, 0.5) is 0 Å². The summed E-state index contributed by atoms with van der Waals surface area (Å²) in [6.45, 7) is 2.58. The molecule has 1 unspecified atom stereocenters. The van der Waals surface area contributed by atoms with Gasteiger partial charge in [-0.2, -0.15) is 4.98 Å². The summed E-state index contributed by atoms with van der Waals surface area (Å²) in [4.78, 5) is 16.7. The summed E-state index contributed by atoms with van der Waals surface area (Å²) in [5.41, 5.74) is 1.81. The van der Waals surface area contributed by atoms with Gasteiger partial charge in [0.05, 0.1) is 11.0 Å². The Morgan fingerprint density at radius 1 is 1.30 bits per heavy atom. The molecule has 3 aromatic rings. The number of imidazole rings is 1. The lowest BCUT2D eigenvalue weighted by Crippen LogP contribution is -2.24. The molecule has 3 rings (SSSR count). The number of hydrogen-bond acceptors (Lipinski definition) is 5. The molecular formula is C16H21N5O2. The third kappa shape index (κ3) is 3.05. The molecule has 122 valence electrons. The van der Waals surface area contributed by atoms with Gasteiger partial charge < -0.3 is 9.84 Å². The van der Waals surface area contributed by atoms with Gasteiger partial charge in [-0.25, -0.2) is 4.79 Å². The van der Waals surface area contributed by atoms with Gasteiger partial charge in [0.25, 0.3) is 0 Å². The lowest BCUT2D eigenvalue weighted by atomic mass is 10.2. The van der Waals surface area contributed by atoms with Crippen molar-refractivity contribution in [3.8, 4) is 0 Å². The zero-order valence-electron chi connectivity index (χ0n) is 13.6. The Morgan fingerprint density at radius 2 is 2.04 bits per heavy atom. The van der Waals surface area contributed by atoms with Gasteiger partial charge in [0.15, 0.2) is 5.82 Å². The third-order valence-electron chi connectivity index (χ3n) is 4.09. The third-order valence-corrected chi connectivity index (χ3v) is 4.09. The minimum absolute atomic E-state index is 0.0326. The van der Waals surface area contributed by atoms with Gasteiger partial charge in [-0.05, 0) is 26.1 Å². The average molecular weight is 315 g/mol. The van der Waals surface area contributed by atoms with E-state index in [4.69, 9.17) is 4.52 Å². The number of nitrogens with one attached hydrogen (secondary N) is 1. The van der Waals surface area contributed by atoms with Crippen LogP contribution in [0.3, 0.4) is 0 Å². The molecule has 0 aliphatic heterocycles. The van der Waals surface area contributed by atoms with E-state index in [1.165, 1.54) is 0 Å². The number of para-hydroxylation sites is 2. The Morgan fingerprint density at radius 3 is 2.78 bits per heavy atom. The molecule has 2 aromatic heterocycles. The molecule has 2 heterocycles. The number of aryl methyl sites for hydroxylation is 3. The standard InChI is InChI=1S/C16H21N5O2/c1-11(17-2)10-14-18-15(23-19-14)8-9-21-13-7-5-4-6-12(13)20(3)16(21)22/h4-7,11,17H,8-10H2,1-3H3. The van der Waals surface area contributed by atoms with Crippen molar-refractivity contribution in [2.24, 2.45) is 7.05 Å². The van der Waals surface area contributed by atoms with Crippen LogP contribution >= 0.6 is 0 Å². The number of fused-ring (bicyclic) bond motifs is 1. The summed E-state index contributed by atoms with van der Waals surface area (Å²) in [5.74, 6) is 1.25. The van der Waals surface area contributed by atoms with E-state index in [1.54, 1.807) is 16.2 Å². The van der Waals surface area contributed by atoms with Gasteiger partial charge >= 0.3 is 5.69 Å². The summed E-state index contributed by atoms with van der Waals surface area (Å²) in [6.07, 6.45) is 1.25. The summed E-state index contributed by atoms with van der Waals surface area (Å²) < 4.78 is 8.68. The first-order valence-corrected chi connectivity index (χ1v) is 7.73. The Bertz CT molecular complexity index is 861. The Balaban J connectivity index is 1.77. The molecule has 0 bridgehead atoms. The second kappa shape index (κ2) is 6.37. The SMILES string of the molecule is CNC(C)Cc1noc(CCn2c(=O)n(C)c3ccccc32)n1. The maximum atomic E-state index is 12.3. The Kier molecular flexibility index (Phi) is 4.29. The fourth-order valence-corrected chi connectivity index (χ4v) is 2.64. The minimum atomic E-state index is -0.0326. The van der Waals surface area contributed by atoms with E-state index in [0.717, 1.165) is 11.0 Å². The van der Waals surface area contributed by atoms with Crippen molar-refractivity contribution in [1.29, 1.82) is 0 Å². The van der Waals surface area contributed by atoms with Crippen LogP contribution < -0.4 is 11.0 Å². The van der Waals surface area contributed by atoms with Crippen molar-refractivity contribution in [2.45, 2.75) is 32.4 Å². The van der Waals surface area contributed by atoms with Gasteiger partial charge in [-0.15, -0.1) is 0 Å². The van der Waals surface area contributed by atoms with E-state index >= 15 is 0 Å². The van der Waals surface area contributed by atoms with Gasteiger partial charge in [0.2, 0.25) is 5.89 Å². The molecule has 7 nitrogen and oxygen atoms in total. The predicted molar refractivity (Wildman–Crippen MR) is 87.4 cm³/mol. The molecule has 0 fully saturated rings. The molecule has 1 aromatic carbocycles. The molecule has 0 aliphatic carbocycles. The van der Waals surface area contributed by atoms with E-state index in [0.29, 0.717) is 37.1 Å². The molecule has 0 radical (unpaired) electrons.